The monoisotopic (exact) mass is 250 g/mol. The first-order valence-corrected chi connectivity index (χ1v) is 5.73. The van der Waals surface area contributed by atoms with Crippen LogP contribution in [-0.2, 0) is 11.3 Å². The summed E-state index contributed by atoms with van der Waals surface area (Å²) in [6.45, 7) is 1.73. The molecule has 96 valence electrons. The highest BCUT2D eigenvalue weighted by molar-refractivity contribution is 5.85. The number of carboxylic acid groups (broad SMARTS) is 1. The molecule has 0 saturated carbocycles. The van der Waals surface area contributed by atoms with E-state index in [1.165, 1.54) is 0 Å². The number of nitrogens with zero attached hydrogens (tertiary/aromatic N) is 4. The molecular weight excluding hydrogens is 236 g/mol. The predicted molar refractivity (Wildman–Crippen MR) is 65.2 cm³/mol. The number of fused-ring (bicyclic) bond motifs is 3. The highest BCUT2D eigenvalue weighted by atomic mass is 16.4. The summed E-state index contributed by atoms with van der Waals surface area (Å²) in [6, 6.07) is 0. The Balaban J connectivity index is 1.81. The van der Waals surface area contributed by atoms with Gasteiger partial charge in [0.05, 0.1) is 19.6 Å². The zero-order valence-electron chi connectivity index (χ0n) is 9.97. The Hall–Kier alpha value is -2.09. The number of hydrazine groups is 1. The third-order valence-corrected chi connectivity index (χ3v) is 3.09. The maximum absolute atomic E-state index is 10.6. The molecule has 0 bridgehead atoms. The van der Waals surface area contributed by atoms with Crippen LogP contribution in [0.4, 0.5) is 17.2 Å². The quantitative estimate of drug-likeness (QED) is 0.685. The van der Waals surface area contributed by atoms with E-state index in [9.17, 15) is 4.79 Å². The Morgan fingerprint density at radius 3 is 3.11 bits per heavy atom. The molecular formula is C10H14N6O2. The minimum Gasteiger partial charge on any atom is -0.481 e. The Bertz CT molecular complexity index is 505. The second-order valence-electron chi connectivity index (χ2n) is 4.43. The molecule has 0 aromatic carbocycles. The number of carbonyl (C=O) groups is 1. The van der Waals surface area contributed by atoms with Crippen LogP contribution in [0.2, 0.25) is 0 Å². The fourth-order valence-corrected chi connectivity index (χ4v) is 2.20. The van der Waals surface area contributed by atoms with Gasteiger partial charge in [0.15, 0.2) is 5.82 Å². The molecule has 0 atom stereocenters. The molecule has 1 aromatic heterocycles. The number of carboxylic acids is 1. The van der Waals surface area contributed by atoms with Crippen LogP contribution < -0.4 is 15.6 Å². The van der Waals surface area contributed by atoms with Crippen molar-refractivity contribution in [3.05, 3.63) is 5.69 Å². The Labute approximate surface area is 104 Å². The number of anilines is 3. The topological polar surface area (TPSA) is 93.6 Å². The molecule has 0 fully saturated rings. The number of hydrogen-bond donors (Lipinski definition) is 3. The van der Waals surface area contributed by atoms with Crippen LogP contribution >= 0.6 is 0 Å². The summed E-state index contributed by atoms with van der Waals surface area (Å²) >= 11 is 0. The third-order valence-electron chi connectivity index (χ3n) is 3.09. The van der Waals surface area contributed by atoms with Crippen molar-refractivity contribution in [1.82, 2.24) is 15.2 Å². The summed E-state index contributed by atoms with van der Waals surface area (Å²) in [7, 11) is 1.97. The van der Waals surface area contributed by atoms with Crippen molar-refractivity contribution in [2.24, 2.45) is 0 Å². The van der Waals surface area contributed by atoms with Gasteiger partial charge in [-0.3, -0.25) is 4.79 Å². The molecule has 1 aromatic rings. The maximum atomic E-state index is 10.6. The number of hydrogen-bond acceptors (Lipinski definition) is 7. The van der Waals surface area contributed by atoms with Gasteiger partial charge in [-0.2, -0.15) is 0 Å². The van der Waals surface area contributed by atoms with Gasteiger partial charge in [-0.1, -0.05) is 0 Å². The highest BCUT2D eigenvalue weighted by Crippen LogP contribution is 2.40. The Morgan fingerprint density at radius 2 is 2.33 bits per heavy atom. The van der Waals surface area contributed by atoms with Crippen LogP contribution in [-0.4, -0.2) is 46.5 Å². The number of nitrogens with one attached hydrogen (secondary N) is 2. The molecule has 0 amide bonds. The lowest BCUT2D eigenvalue weighted by Gasteiger charge is -2.16. The average molecular weight is 250 g/mol. The van der Waals surface area contributed by atoms with Gasteiger partial charge < -0.3 is 20.7 Å². The smallest absolute Gasteiger partial charge is 0.304 e. The summed E-state index contributed by atoms with van der Waals surface area (Å²) in [4.78, 5) is 12.6. The normalized spacial score (nSPS) is 17.1. The average Bonchev–Trinajstić information content (AvgIpc) is 2.89. The number of aliphatic carboxylic acids is 1. The van der Waals surface area contributed by atoms with Crippen molar-refractivity contribution in [1.29, 1.82) is 0 Å². The molecule has 0 unspecified atom stereocenters. The van der Waals surface area contributed by atoms with Gasteiger partial charge in [0.1, 0.15) is 17.1 Å². The van der Waals surface area contributed by atoms with Gasteiger partial charge in [-0.15, -0.1) is 10.2 Å². The lowest BCUT2D eigenvalue weighted by molar-refractivity contribution is -0.137. The van der Waals surface area contributed by atoms with Crippen LogP contribution in [0.5, 0.6) is 0 Å². The Morgan fingerprint density at radius 1 is 1.50 bits per heavy atom. The van der Waals surface area contributed by atoms with Crippen molar-refractivity contribution in [2.75, 3.05) is 35.9 Å². The zero-order valence-corrected chi connectivity index (χ0v) is 9.97. The minimum absolute atomic E-state index is 0.102. The van der Waals surface area contributed by atoms with Gasteiger partial charge >= 0.3 is 5.97 Å². The zero-order chi connectivity index (χ0) is 12.7. The van der Waals surface area contributed by atoms with E-state index in [1.807, 2.05) is 12.1 Å². The van der Waals surface area contributed by atoms with Gasteiger partial charge in [0.2, 0.25) is 0 Å². The van der Waals surface area contributed by atoms with Crippen molar-refractivity contribution >= 4 is 23.2 Å². The molecule has 0 saturated heterocycles. The van der Waals surface area contributed by atoms with Gasteiger partial charge in [-0.05, 0) is 0 Å². The summed E-state index contributed by atoms with van der Waals surface area (Å²) in [5, 5.41) is 22.0. The van der Waals surface area contributed by atoms with E-state index >= 15 is 0 Å². The molecule has 18 heavy (non-hydrogen) atoms. The van der Waals surface area contributed by atoms with Crippen molar-refractivity contribution in [3.63, 3.8) is 0 Å². The minimum atomic E-state index is -0.803. The second kappa shape index (κ2) is 3.98. The molecule has 3 N–H and O–H groups in total. The molecule has 8 heteroatoms. The van der Waals surface area contributed by atoms with Gasteiger partial charge in [-0.25, -0.2) is 5.01 Å². The fourth-order valence-electron chi connectivity index (χ4n) is 2.20. The predicted octanol–water partition coefficient (Wildman–Crippen LogP) is -0.0870. The molecule has 0 radical (unpaired) electrons. The third kappa shape index (κ3) is 1.70. The molecule has 3 heterocycles. The van der Waals surface area contributed by atoms with Crippen molar-refractivity contribution in [3.8, 4) is 0 Å². The van der Waals surface area contributed by atoms with Gasteiger partial charge in [0, 0.05) is 13.6 Å². The Kier molecular flexibility index (Phi) is 2.44. The van der Waals surface area contributed by atoms with E-state index in [4.69, 9.17) is 5.11 Å². The van der Waals surface area contributed by atoms with Gasteiger partial charge in [0.25, 0.3) is 0 Å². The standard InChI is InChI=1S/C10H14N6O2/c1-15-5-11-10-9(15)8-6(12-13-10)4-16(14-8)3-2-7(17)18/h14H,2-5H2,1H3,(H,11,13)(H,17,18). The highest BCUT2D eigenvalue weighted by Gasteiger charge is 2.30. The van der Waals surface area contributed by atoms with Crippen molar-refractivity contribution < 1.29 is 9.90 Å². The second-order valence-corrected chi connectivity index (χ2v) is 4.43. The van der Waals surface area contributed by atoms with Crippen LogP contribution in [0.1, 0.15) is 12.1 Å². The molecule has 0 spiro atoms. The molecule has 2 aliphatic rings. The van der Waals surface area contributed by atoms with E-state index in [2.05, 4.69) is 25.8 Å². The molecule has 2 aliphatic heterocycles. The van der Waals surface area contributed by atoms with Crippen molar-refractivity contribution in [2.45, 2.75) is 13.0 Å². The van der Waals surface area contributed by atoms with Crippen LogP contribution in [0.15, 0.2) is 0 Å². The lowest BCUT2D eigenvalue weighted by Crippen LogP contribution is -2.26. The van der Waals surface area contributed by atoms with Crippen LogP contribution in [0, 0.1) is 0 Å². The van der Waals surface area contributed by atoms with E-state index < -0.39 is 5.97 Å². The van der Waals surface area contributed by atoms with E-state index in [-0.39, 0.29) is 6.42 Å². The molecule has 0 aliphatic carbocycles. The molecule has 3 rings (SSSR count). The fraction of sp³-hybridized carbons (Fsp3) is 0.500. The summed E-state index contributed by atoms with van der Waals surface area (Å²) in [6.07, 6.45) is 0.102. The summed E-state index contributed by atoms with van der Waals surface area (Å²) in [5.41, 5.74) is 5.99. The largest absolute Gasteiger partial charge is 0.481 e. The first kappa shape index (κ1) is 11.0. The van der Waals surface area contributed by atoms with Crippen LogP contribution in [0.3, 0.4) is 0 Å². The number of aromatic nitrogens is 2. The summed E-state index contributed by atoms with van der Waals surface area (Å²) in [5.74, 6) is -0.0355. The first-order chi connectivity index (χ1) is 8.65. The number of rotatable bonds is 3. The summed E-state index contributed by atoms with van der Waals surface area (Å²) < 4.78 is 0. The molecule has 8 nitrogen and oxygen atoms in total. The van der Waals surface area contributed by atoms with Crippen LogP contribution in [0.25, 0.3) is 0 Å². The maximum Gasteiger partial charge on any atom is 0.304 e. The van der Waals surface area contributed by atoms with E-state index in [0.717, 1.165) is 22.9 Å². The first-order valence-electron chi connectivity index (χ1n) is 5.73. The SMILES string of the molecule is CN1CNc2nnc3c(c21)NN(CCC(=O)O)C3. The lowest BCUT2D eigenvalue weighted by atomic mass is 10.3. The van der Waals surface area contributed by atoms with E-state index in [0.29, 0.717) is 19.8 Å². The van der Waals surface area contributed by atoms with E-state index in [1.54, 1.807) is 0 Å².